The lowest BCUT2D eigenvalue weighted by molar-refractivity contribution is 0.0302. The molecule has 0 saturated carbocycles. The summed E-state index contributed by atoms with van der Waals surface area (Å²) in [6.07, 6.45) is 0.873. The molecular weight excluding hydrogens is 280 g/mol. The number of amides is 1. The van der Waals surface area contributed by atoms with E-state index in [4.69, 9.17) is 4.74 Å². The number of hydrogen-bond acceptors (Lipinski definition) is 3. The molecule has 0 unspecified atom stereocenters. The molecule has 1 aliphatic heterocycles. The second-order valence-corrected chi connectivity index (χ2v) is 7.71. The van der Waals surface area contributed by atoms with Crippen LogP contribution in [-0.2, 0) is 4.74 Å². The summed E-state index contributed by atoms with van der Waals surface area (Å²) in [5, 5.41) is 3.32. The standard InChI is InChI=1S/C16H32N4O2/c1-15(2,3)22-14(21)19(7)11-9-18-13(17-6)20-10-8-16(4,5)12-20/h8-12H2,1-7H3,(H,17,18). The number of nitrogens with one attached hydrogen (secondary N) is 1. The van der Waals surface area contributed by atoms with E-state index in [0.29, 0.717) is 18.5 Å². The Hall–Kier alpha value is -1.46. The highest BCUT2D eigenvalue weighted by molar-refractivity contribution is 5.80. The SMILES string of the molecule is CN=C(NCCN(C)C(=O)OC(C)(C)C)N1CCC(C)(C)C1. The van der Waals surface area contributed by atoms with Crippen molar-refractivity contribution in [1.82, 2.24) is 15.1 Å². The number of carbonyl (C=O) groups excluding carboxylic acids is 1. The normalized spacial score (nSPS) is 18.3. The predicted octanol–water partition coefficient (Wildman–Crippen LogP) is 2.16. The molecule has 0 aliphatic carbocycles. The van der Waals surface area contributed by atoms with Crippen LogP contribution >= 0.6 is 0 Å². The van der Waals surface area contributed by atoms with Gasteiger partial charge in [-0.15, -0.1) is 0 Å². The first kappa shape index (κ1) is 18.6. The molecule has 128 valence electrons. The highest BCUT2D eigenvalue weighted by Gasteiger charge is 2.30. The number of nitrogens with zero attached hydrogens (tertiary/aromatic N) is 3. The van der Waals surface area contributed by atoms with Crippen LogP contribution in [0.25, 0.3) is 0 Å². The Morgan fingerprint density at radius 3 is 2.50 bits per heavy atom. The Bertz CT molecular complexity index is 413. The van der Waals surface area contributed by atoms with Gasteiger partial charge in [0.1, 0.15) is 5.60 Å². The first-order chi connectivity index (χ1) is 10.0. The molecule has 22 heavy (non-hydrogen) atoms. The molecule has 1 rings (SSSR count). The van der Waals surface area contributed by atoms with Gasteiger partial charge in [-0.1, -0.05) is 13.8 Å². The number of aliphatic imine (C=N–C) groups is 1. The quantitative estimate of drug-likeness (QED) is 0.641. The molecule has 1 aliphatic rings. The Kier molecular flexibility index (Phi) is 6.08. The minimum absolute atomic E-state index is 0.299. The Morgan fingerprint density at radius 1 is 1.41 bits per heavy atom. The number of hydrogen-bond donors (Lipinski definition) is 1. The average Bonchev–Trinajstić information content (AvgIpc) is 2.72. The lowest BCUT2D eigenvalue weighted by Gasteiger charge is -2.26. The predicted molar refractivity (Wildman–Crippen MR) is 90.2 cm³/mol. The van der Waals surface area contributed by atoms with Gasteiger partial charge in [0.05, 0.1) is 0 Å². The van der Waals surface area contributed by atoms with Crippen molar-refractivity contribution in [1.29, 1.82) is 0 Å². The number of likely N-dealkylation sites (tertiary alicyclic amines) is 1. The summed E-state index contributed by atoms with van der Waals surface area (Å²) in [5.74, 6) is 0.906. The van der Waals surface area contributed by atoms with Crippen LogP contribution < -0.4 is 5.32 Å². The Labute approximate surface area is 134 Å². The first-order valence-electron chi connectivity index (χ1n) is 7.94. The maximum absolute atomic E-state index is 11.9. The van der Waals surface area contributed by atoms with Gasteiger partial charge < -0.3 is 19.9 Å². The highest BCUT2D eigenvalue weighted by Crippen LogP contribution is 2.28. The average molecular weight is 312 g/mol. The molecule has 1 heterocycles. The van der Waals surface area contributed by atoms with Crippen LogP contribution in [0.1, 0.15) is 41.0 Å². The fourth-order valence-corrected chi connectivity index (χ4v) is 2.39. The van der Waals surface area contributed by atoms with Crippen LogP contribution in [0.4, 0.5) is 4.79 Å². The van der Waals surface area contributed by atoms with Crippen molar-refractivity contribution in [3.05, 3.63) is 0 Å². The minimum atomic E-state index is -0.462. The van der Waals surface area contributed by atoms with Gasteiger partial charge in [0.15, 0.2) is 5.96 Å². The topological polar surface area (TPSA) is 57.2 Å². The van der Waals surface area contributed by atoms with E-state index in [1.54, 1.807) is 19.0 Å². The lowest BCUT2D eigenvalue weighted by Crippen LogP contribution is -2.44. The van der Waals surface area contributed by atoms with Crippen LogP contribution in [0.2, 0.25) is 0 Å². The highest BCUT2D eigenvalue weighted by atomic mass is 16.6. The van der Waals surface area contributed by atoms with E-state index < -0.39 is 5.60 Å². The summed E-state index contributed by atoms with van der Waals surface area (Å²) < 4.78 is 5.33. The van der Waals surface area contributed by atoms with E-state index in [0.717, 1.165) is 19.0 Å². The van der Waals surface area contributed by atoms with Crippen LogP contribution in [0, 0.1) is 5.41 Å². The Morgan fingerprint density at radius 2 is 2.05 bits per heavy atom. The third-order valence-corrected chi connectivity index (χ3v) is 3.62. The van der Waals surface area contributed by atoms with Gasteiger partial charge in [-0.2, -0.15) is 0 Å². The Balaban J connectivity index is 2.38. The van der Waals surface area contributed by atoms with E-state index in [2.05, 4.69) is 29.1 Å². The van der Waals surface area contributed by atoms with Gasteiger partial charge in [0.25, 0.3) is 0 Å². The zero-order valence-electron chi connectivity index (χ0n) is 15.2. The largest absolute Gasteiger partial charge is 0.444 e. The molecule has 6 nitrogen and oxygen atoms in total. The zero-order chi connectivity index (χ0) is 17.0. The lowest BCUT2D eigenvalue weighted by atomic mass is 9.93. The number of guanidine groups is 1. The third-order valence-electron chi connectivity index (χ3n) is 3.62. The number of likely N-dealkylation sites (N-methyl/N-ethyl adjacent to an activating group) is 1. The molecule has 1 N–H and O–H groups in total. The van der Waals surface area contributed by atoms with E-state index in [1.165, 1.54) is 6.42 Å². The summed E-state index contributed by atoms with van der Waals surface area (Å²) in [5.41, 5.74) is -0.124. The maximum atomic E-state index is 11.9. The van der Waals surface area contributed by atoms with Crippen molar-refractivity contribution in [2.45, 2.75) is 46.6 Å². The molecule has 0 atom stereocenters. The van der Waals surface area contributed by atoms with E-state index in [-0.39, 0.29) is 6.09 Å². The van der Waals surface area contributed by atoms with E-state index in [1.807, 2.05) is 20.8 Å². The van der Waals surface area contributed by atoms with E-state index >= 15 is 0 Å². The van der Waals surface area contributed by atoms with Crippen molar-refractivity contribution in [2.24, 2.45) is 10.4 Å². The van der Waals surface area contributed by atoms with Gasteiger partial charge in [-0.3, -0.25) is 4.99 Å². The third kappa shape index (κ3) is 6.12. The molecule has 1 fully saturated rings. The van der Waals surface area contributed by atoms with Gasteiger partial charge in [-0.25, -0.2) is 4.79 Å². The monoisotopic (exact) mass is 312 g/mol. The molecule has 0 bridgehead atoms. The minimum Gasteiger partial charge on any atom is -0.444 e. The van der Waals surface area contributed by atoms with Crippen molar-refractivity contribution in [3.8, 4) is 0 Å². The molecule has 1 saturated heterocycles. The molecule has 0 radical (unpaired) electrons. The van der Waals surface area contributed by atoms with Crippen molar-refractivity contribution < 1.29 is 9.53 Å². The van der Waals surface area contributed by atoms with Crippen LogP contribution in [0.15, 0.2) is 4.99 Å². The fourth-order valence-electron chi connectivity index (χ4n) is 2.39. The van der Waals surface area contributed by atoms with Crippen LogP contribution in [0.3, 0.4) is 0 Å². The van der Waals surface area contributed by atoms with Gasteiger partial charge in [0.2, 0.25) is 0 Å². The van der Waals surface area contributed by atoms with Gasteiger partial charge in [0, 0.05) is 40.3 Å². The summed E-state index contributed by atoms with van der Waals surface area (Å²) in [7, 11) is 3.54. The van der Waals surface area contributed by atoms with Crippen molar-refractivity contribution in [2.75, 3.05) is 40.3 Å². The molecule has 6 heteroatoms. The summed E-state index contributed by atoms with van der Waals surface area (Å²) >= 11 is 0. The molecular formula is C16H32N4O2. The second-order valence-electron chi connectivity index (χ2n) is 7.71. The smallest absolute Gasteiger partial charge is 0.410 e. The van der Waals surface area contributed by atoms with Crippen LogP contribution in [-0.4, -0.2) is 67.7 Å². The van der Waals surface area contributed by atoms with Crippen LogP contribution in [0.5, 0.6) is 0 Å². The van der Waals surface area contributed by atoms with Crippen molar-refractivity contribution in [3.63, 3.8) is 0 Å². The molecule has 0 aromatic rings. The number of rotatable bonds is 3. The molecule has 0 spiro atoms. The van der Waals surface area contributed by atoms with E-state index in [9.17, 15) is 4.79 Å². The fraction of sp³-hybridized carbons (Fsp3) is 0.875. The molecule has 0 aromatic carbocycles. The summed E-state index contributed by atoms with van der Waals surface area (Å²) in [6.45, 7) is 13.4. The van der Waals surface area contributed by atoms with Gasteiger partial charge in [-0.05, 0) is 32.6 Å². The molecule has 1 amide bonds. The number of ether oxygens (including phenoxy) is 1. The summed E-state index contributed by atoms with van der Waals surface area (Å²) in [6, 6.07) is 0. The van der Waals surface area contributed by atoms with Gasteiger partial charge >= 0.3 is 6.09 Å². The number of carbonyl (C=O) groups is 1. The zero-order valence-corrected chi connectivity index (χ0v) is 15.2. The van der Waals surface area contributed by atoms with Crippen molar-refractivity contribution >= 4 is 12.1 Å². The maximum Gasteiger partial charge on any atom is 0.410 e. The first-order valence-corrected chi connectivity index (χ1v) is 7.94. The summed E-state index contributed by atoms with van der Waals surface area (Å²) in [4.78, 5) is 20.1. The second kappa shape index (κ2) is 7.20. The molecule has 0 aromatic heterocycles.